The largest absolute Gasteiger partial charge is 0.508 e. The number of nitrogens with zero attached hydrogens (tertiary/aromatic N) is 4. The van der Waals surface area contributed by atoms with Crippen molar-refractivity contribution in [2.75, 3.05) is 25.0 Å². The van der Waals surface area contributed by atoms with Crippen LogP contribution in [0.2, 0.25) is 0 Å². The zero-order chi connectivity index (χ0) is 20.4. The number of H-pyrrole nitrogens is 2. The molecular weight excluding hydrogens is 386 g/mol. The van der Waals surface area contributed by atoms with Crippen molar-refractivity contribution in [3.05, 3.63) is 48.3 Å². The number of fused-ring (bicyclic) bond motifs is 1. The number of allylic oxidation sites excluding steroid dienone is 4. The smallest absolute Gasteiger partial charge is 0.189 e. The number of nitrogens with one attached hydrogen (secondary N) is 3. The second-order valence-corrected chi connectivity index (χ2v) is 8.08. The molecule has 1 aliphatic heterocycles. The van der Waals surface area contributed by atoms with Gasteiger partial charge in [0.1, 0.15) is 11.6 Å². The molecule has 0 radical (unpaired) electrons. The lowest BCUT2D eigenvalue weighted by molar-refractivity contribution is 0.434. The van der Waals surface area contributed by atoms with Gasteiger partial charge in [-0.15, -0.1) is 0 Å². The van der Waals surface area contributed by atoms with Crippen LogP contribution in [0.25, 0.3) is 21.6 Å². The van der Waals surface area contributed by atoms with Gasteiger partial charge in [-0.05, 0) is 44.5 Å². The fourth-order valence-corrected chi connectivity index (χ4v) is 4.36. The van der Waals surface area contributed by atoms with Gasteiger partial charge in [-0.1, -0.05) is 24.0 Å². The third-order valence-electron chi connectivity index (χ3n) is 5.29. The molecule has 3 aromatic rings. The van der Waals surface area contributed by atoms with Crippen LogP contribution in [0, 0.1) is 0 Å². The lowest BCUT2D eigenvalue weighted by Gasteiger charge is -2.31. The molecule has 1 saturated heterocycles. The van der Waals surface area contributed by atoms with E-state index in [1.54, 1.807) is 35.9 Å². The standard InChI is InChI=1S/C20H25N7OS/c1-4-13(14-10-22-23-11-14)9-16(28)12(2)17-24-18-19(25-17)29-20(26-18)27(3)15-5-7-21-8-6-15/h4,9-11,15,21,28H,1,5-8H2,2-3H3,(H,22,23)(H,24,25)/b13-9+,16-12-. The number of aliphatic hydroxyl groups excluding tert-OH is 1. The van der Waals surface area contributed by atoms with Crippen molar-refractivity contribution in [1.29, 1.82) is 0 Å². The molecule has 4 N–H and O–H groups in total. The Morgan fingerprint density at radius 2 is 2.14 bits per heavy atom. The quantitative estimate of drug-likeness (QED) is 0.365. The van der Waals surface area contributed by atoms with Crippen LogP contribution in [-0.2, 0) is 0 Å². The summed E-state index contributed by atoms with van der Waals surface area (Å²) in [6.45, 7) is 7.72. The third-order valence-corrected chi connectivity index (χ3v) is 6.33. The van der Waals surface area contributed by atoms with Crippen molar-refractivity contribution in [3.63, 3.8) is 0 Å². The normalized spacial score (nSPS) is 16.8. The number of aromatic amines is 2. The van der Waals surface area contributed by atoms with Gasteiger partial charge >= 0.3 is 0 Å². The van der Waals surface area contributed by atoms with Crippen molar-refractivity contribution in [2.24, 2.45) is 0 Å². The molecule has 0 bridgehead atoms. The number of hydrogen-bond acceptors (Lipinski definition) is 7. The SMILES string of the molecule is C=C/C(=C\C(O)=C(/C)c1nc2sc(N(C)C3CCNCC3)nc2[nH]1)c1cn[nH]c1. The van der Waals surface area contributed by atoms with Gasteiger partial charge in [0.25, 0.3) is 0 Å². The molecule has 4 heterocycles. The molecule has 1 fully saturated rings. The first-order valence-corrected chi connectivity index (χ1v) is 10.4. The van der Waals surface area contributed by atoms with E-state index in [0.29, 0.717) is 17.4 Å². The fraction of sp³-hybridized carbons (Fsp3) is 0.350. The summed E-state index contributed by atoms with van der Waals surface area (Å²) in [4.78, 5) is 15.7. The molecule has 9 heteroatoms. The number of piperidine rings is 1. The Kier molecular flexibility index (Phi) is 5.50. The molecule has 8 nitrogen and oxygen atoms in total. The van der Waals surface area contributed by atoms with Crippen LogP contribution in [0.4, 0.5) is 5.13 Å². The van der Waals surface area contributed by atoms with E-state index >= 15 is 0 Å². The zero-order valence-corrected chi connectivity index (χ0v) is 17.4. The summed E-state index contributed by atoms with van der Waals surface area (Å²) in [6.07, 6.45) is 9.01. The van der Waals surface area contributed by atoms with Gasteiger partial charge in [-0.25, -0.2) is 9.97 Å². The summed E-state index contributed by atoms with van der Waals surface area (Å²) in [6, 6.07) is 0.502. The fourth-order valence-electron chi connectivity index (χ4n) is 3.42. The van der Waals surface area contributed by atoms with Crippen LogP contribution in [0.1, 0.15) is 31.2 Å². The molecule has 0 spiro atoms. The molecule has 3 aromatic heterocycles. The highest BCUT2D eigenvalue weighted by molar-refractivity contribution is 7.21. The first-order chi connectivity index (χ1) is 14.1. The first-order valence-electron chi connectivity index (χ1n) is 9.60. The van der Waals surface area contributed by atoms with E-state index in [1.807, 2.05) is 6.92 Å². The van der Waals surface area contributed by atoms with Gasteiger partial charge in [0.05, 0.1) is 6.20 Å². The van der Waals surface area contributed by atoms with Crippen LogP contribution in [0.15, 0.2) is 36.9 Å². The molecule has 152 valence electrons. The molecule has 0 unspecified atom stereocenters. The van der Waals surface area contributed by atoms with E-state index in [1.165, 1.54) is 0 Å². The number of hydrogen-bond donors (Lipinski definition) is 4. The van der Waals surface area contributed by atoms with Crippen LogP contribution in [0.5, 0.6) is 0 Å². The average Bonchev–Trinajstić information content (AvgIpc) is 3.47. The van der Waals surface area contributed by atoms with Crippen molar-refractivity contribution in [1.82, 2.24) is 30.5 Å². The van der Waals surface area contributed by atoms with Crippen LogP contribution in [0.3, 0.4) is 0 Å². The highest BCUT2D eigenvalue weighted by Gasteiger charge is 2.22. The number of aliphatic hydroxyl groups is 1. The number of anilines is 1. The summed E-state index contributed by atoms with van der Waals surface area (Å²) < 4.78 is 0. The second kappa shape index (κ2) is 8.22. The van der Waals surface area contributed by atoms with Gasteiger partial charge in [-0.2, -0.15) is 5.10 Å². The Morgan fingerprint density at radius 1 is 1.34 bits per heavy atom. The number of rotatable bonds is 6. The highest BCUT2D eigenvalue weighted by atomic mass is 32.1. The number of aromatic nitrogens is 5. The maximum absolute atomic E-state index is 10.6. The number of imidazole rings is 1. The minimum absolute atomic E-state index is 0.120. The van der Waals surface area contributed by atoms with E-state index in [0.717, 1.165) is 52.7 Å². The van der Waals surface area contributed by atoms with Crippen molar-refractivity contribution in [3.8, 4) is 0 Å². The molecule has 0 aliphatic carbocycles. The Bertz CT molecular complexity index is 1020. The van der Waals surface area contributed by atoms with E-state index in [2.05, 4.69) is 44.0 Å². The predicted octanol–water partition coefficient (Wildman–Crippen LogP) is 3.49. The van der Waals surface area contributed by atoms with Crippen LogP contribution < -0.4 is 10.2 Å². The lowest BCUT2D eigenvalue weighted by atomic mass is 10.1. The summed E-state index contributed by atoms with van der Waals surface area (Å²) in [5.74, 6) is 0.730. The average molecular weight is 412 g/mol. The second-order valence-electron chi connectivity index (χ2n) is 7.13. The molecule has 0 aromatic carbocycles. The highest BCUT2D eigenvalue weighted by Crippen LogP contribution is 2.31. The van der Waals surface area contributed by atoms with Gasteiger partial charge in [0.15, 0.2) is 15.6 Å². The van der Waals surface area contributed by atoms with Gasteiger partial charge in [-0.3, -0.25) is 5.10 Å². The molecule has 0 saturated carbocycles. The number of thiazole rings is 1. The predicted molar refractivity (Wildman–Crippen MR) is 118 cm³/mol. The molecule has 1 aliphatic rings. The first kappa shape index (κ1) is 19.4. The molecular formula is C20H25N7OS. The van der Waals surface area contributed by atoms with Gasteiger partial charge < -0.3 is 20.3 Å². The lowest BCUT2D eigenvalue weighted by Crippen LogP contribution is -2.41. The molecule has 29 heavy (non-hydrogen) atoms. The summed E-state index contributed by atoms with van der Waals surface area (Å²) in [5, 5.41) is 21.6. The minimum atomic E-state index is 0.120. The van der Waals surface area contributed by atoms with Gasteiger partial charge in [0.2, 0.25) is 0 Å². The molecule has 0 amide bonds. The Labute approximate surface area is 173 Å². The molecule has 0 atom stereocenters. The molecule has 4 rings (SSSR count). The summed E-state index contributed by atoms with van der Waals surface area (Å²) in [7, 11) is 2.10. The van der Waals surface area contributed by atoms with Crippen LogP contribution >= 0.6 is 11.3 Å². The maximum Gasteiger partial charge on any atom is 0.189 e. The Hall–Kier alpha value is -2.91. The van der Waals surface area contributed by atoms with E-state index < -0.39 is 0 Å². The van der Waals surface area contributed by atoms with Crippen LogP contribution in [-0.4, -0.2) is 56.4 Å². The zero-order valence-electron chi connectivity index (χ0n) is 16.6. The van der Waals surface area contributed by atoms with E-state index in [9.17, 15) is 5.11 Å². The monoisotopic (exact) mass is 411 g/mol. The van der Waals surface area contributed by atoms with E-state index in [4.69, 9.17) is 4.98 Å². The minimum Gasteiger partial charge on any atom is -0.508 e. The maximum atomic E-state index is 10.6. The van der Waals surface area contributed by atoms with Gasteiger partial charge in [0, 0.05) is 30.4 Å². The van der Waals surface area contributed by atoms with Crippen molar-refractivity contribution in [2.45, 2.75) is 25.8 Å². The Balaban J connectivity index is 1.58. The Morgan fingerprint density at radius 3 is 2.79 bits per heavy atom. The summed E-state index contributed by atoms with van der Waals surface area (Å²) in [5.41, 5.74) is 3.02. The third kappa shape index (κ3) is 3.96. The summed E-state index contributed by atoms with van der Waals surface area (Å²) >= 11 is 1.57. The van der Waals surface area contributed by atoms with Crippen molar-refractivity contribution < 1.29 is 5.11 Å². The topological polar surface area (TPSA) is 106 Å². The van der Waals surface area contributed by atoms with Crippen molar-refractivity contribution >= 4 is 38.1 Å². The van der Waals surface area contributed by atoms with E-state index in [-0.39, 0.29) is 5.76 Å².